The minimum Gasteiger partial charge on any atom is -0.478 e. The Labute approximate surface area is 132 Å². The quantitative estimate of drug-likeness (QED) is 0.931. The van der Waals surface area contributed by atoms with Crippen molar-refractivity contribution in [2.75, 3.05) is 11.4 Å². The van der Waals surface area contributed by atoms with E-state index < -0.39 is 17.3 Å². The van der Waals surface area contributed by atoms with Crippen LogP contribution in [-0.4, -0.2) is 22.6 Å². The van der Waals surface area contributed by atoms with E-state index in [4.69, 9.17) is 16.7 Å². The van der Waals surface area contributed by atoms with Gasteiger partial charge in [0.2, 0.25) is 0 Å². The van der Waals surface area contributed by atoms with Gasteiger partial charge in [-0.15, -0.1) is 0 Å². The molecule has 1 aromatic carbocycles. The summed E-state index contributed by atoms with van der Waals surface area (Å²) in [5.74, 6) is -1.66. The molecular formula is C16H14ClFN2O2. The van der Waals surface area contributed by atoms with E-state index in [9.17, 15) is 9.18 Å². The second kappa shape index (κ2) is 5.93. The smallest absolute Gasteiger partial charge is 0.340 e. The maximum absolute atomic E-state index is 13.9. The first-order valence-electron chi connectivity index (χ1n) is 6.98. The van der Waals surface area contributed by atoms with Crippen LogP contribution in [0.4, 0.5) is 10.2 Å². The number of hydrogen-bond donors (Lipinski definition) is 1. The molecule has 22 heavy (non-hydrogen) atoms. The van der Waals surface area contributed by atoms with Gasteiger partial charge in [-0.05, 0) is 24.5 Å². The zero-order valence-electron chi connectivity index (χ0n) is 11.7. The van der Waals surface area contributed by atoms with Gasteiger partial charge in [-0.25, -0.2) is 14.2 Å². The lowest BCUT2D eigenvalue weighted by atomic mass is 10.0. The number of nitrogens with zero attached hydrogens (tertiary/aromatic N) is 2. The number of pyridine rings is 1. The molecule has 0 aliphatic carbocycles. The lowest BCUT2D eigenvalue weighted by molar-refractivity contribution is 0.0691. The molecule has 2 aromatic rings. The summed E-state index contributed by atoms with van der Waals surface area (Å²) in [6, 6.07) is 8.77. The van der Waals surface area contributed by atoms with Crippen LogP contribution in [0.5, 0.6) is 0 Å². The fourth-order valence-electron chi connectivity index (χ4n) is 2.84. The standard InChI is InChI=1S/C16H14ClFN2O2/c17-12-5-2-1-4-10(12)14-6-3-7-20(14)15-8-13(18)11(9-19-15)16(21)22/h1-2,4-5,8-9,14H,3,6-7H2,(H,21,22). The minimum atomic E-state index is -1.32. The predicted molar refractivity (Wildman–Crippen MR) is 81.9 cm³/mol. The summed E-state index contributed by atoms with van der Waals surface area (Å²) in [5.41, 5.74) is 0.559. The Bertz CT molecular complexity index is 723. The molecule has 1 aromatic heterocycles. The van der Waals surface area contributed by atoms with Crippen molar-refractivity contribution in [2.24, 2.45) is 0 Å². The van der Waals surface area contributed by atoms with Crippen LogP contribution in [0, 0.1) is 5.82 Å². The Hall–Kier alpha value is -2.14. The summed E-state index contributed by atoms with van der Waals surface area (Å²) >= 11 is 6.26. The van der Waals surface area contributed by atoms with Gasteiger partial charge >= 0.3 is 5.97 Å². The van der Waals surface area contributed by atoms with Gasteiger partial charge < -0.3 is 10.0 Å². The maximum Gasteiger partial charge on any atom is 0.340 e. The molecule has 6 heteroatoms. The predicted octanol–water partition coefficient (Wildman–Crippen LogP) is 3.91. The van der Waals surface area contributed by atoms with Crippen molar-refractivity contribution < 1.29 is 14.3 Å². The number of aromatic nitrogens is 1. The third kappa shape index (κ3) is 2.64. The summed E-state index contributed by atoms with van der Waals surface area (Å²) in [6.07, 6.45) is 2.91. The number of anilines is 1. The first-order chi connectivity index (χ1) is 10.6. The van der Waals surface area contributed by atoms with Crippen LogP contribution in [0.2, 0.25) is 5.02 Å². The second-order valence-electron chi connectivity index (χ2n) is 5.20. The Balaban J connectivity index is 1.95. The SMILES string of the molecule is O=C(O)c1cnc(N2CCCC2c2ccccc2Cl)cc1F. The molecule has 2 heterocycles. The zero-order chi connectivity index (χ0) is 15.7. The average molecular weight is 321 g/mol. The number of halogens is 2. The van der Waals surface area contributed by atoms with Gasteiger partial charge in [-0.2, -0.15) is 0 Å². The fraction of sp³-hybridized carbons (Fsp3) is 0.250. The lowest BCUT2D eigenvalue weighted by Gasteiger charge is -2.26. The molecule has 0 radical (unpaired) electrons. The molecule has 0 spiro atoms. The van der Waals surface area contributed by atoms with E-state index >= 15 is 0 Å². The number of carboxylic acids is 1. The molecule has 0 saturated carbocycles. The number of rotatable bonds is 3. The number of benzene rings is 1. The van der Waals surface area contributed by atoms with Gasteiger partial charge in [0.25, 0.3) is 0 Å². The molecular weight excluding hydrogens is 307 g/mol. The second-order valence-corrected chi connectivity index (χ2v) is 5.61. The van der Waals surface area contributed by atoms with Crippen LogP contribution >= 0.6 is 11.6 Å². The van der Waals surface area contributed by atoms with E-state index in [1.54, 1.807) is 0 Å². The average Bonchev–Trinajstić information content (AvgIpc) is 2.96. The first kappa shape index (κ1) is 14.8. The maximum atomic E-state index is 13.9. The molecule has 4 nitrogen and oxygen atoms in total. The molecule has 1 N–H and O–H groups in total. The third-order valence-corrected chi connectivity index (χ3v) is 4.22. The van der Waals surface area contributed by atoms with E-state index in [-0.39, 0.29) is 6.04 Å². The van der Waals surface area contributed by atoms with Gasteiger partial charge in [0.15, 0.2) is 0 Å². The van der Waals surface area contributed by atoms with Crippen molar-refractivity contribution in [3.63, 3.8) is 0 Å². The van der Waals surface area contributed by atoms with Gasteiger partial charge in [0, 0.05) is 23.8 Å². The molecule has 0 amide bonds. The van der Waals surface area contributed by atoms with Crippen LogP contribution in [-0.2, 0) is 0 Å². The summed E-state index contributed by atoms with van der Waals surface area (Å²) in [4.78, 5) is 17.0. The summed E-state index contributed by atoms with van der Waals surface area (Å²) in [6.45, 7) is 0.731. The molecule has 114 valence electrons. The normalized spacial score (nSPS) is 17.7. The Morgan fingerprint density at radius 1 is 1.41 bits per heavy atom. The summed E-state index contributed by atoms with van der Waals surface area (Å²) < 4.78 is 13.9. The van der Waals surface area contributed by atoms with Crippen molar-refractivity contribution in [1.29, 1.82) is 0 Å². The largest absolute Gasteiger partial charge is 0.478 e. The highest BCUT2D eigenvalue weighted by atomic mass is 35.5. The monoisotopic (exact) mass is 320 g/mol. The van der Waals surface area contributed by atoms with Crippen molar-refractivity contribution >= 4 is 23.4 Å². The Morgan fingerprint density at radius 2 is 2.18 bits per heavy atom. The van der Waals surface area contributed by atoms with Crippen molar-refractivity contribution in [3.8, 4) is 0 Å². The van der Waals surface area contributed by atoms with Crippen LogP contribution in [0.15, 0.2) is 36.5 Å². The molecule has 1 aliphatic heterocycles. The highest BCUT2D eigenvalue weighted by Crippen LogP contribution is 2.38. The van der Waals surface area contributed by atoms with Crippen LogP contribution in [0.3, 0.4) is 0 Å². The minimum absolute atomic E-state index is 0.0243. The third-order valence-electron chi connectivity index (χ3n) is 3.88. The van der Waals surface area contributed by atoms with Crippen LogP contribution < -0.4 is 4.90 Å². The van der Waals surface area contributed by atoms with Gasteiger partial charge in [-0.3, -0.25) is 0 Å². The van der Waals surface area contributed by atoms with E-state index in [1.807, 2.05) is 29.2 Å². The number of carboxylic acid groups (broad SMARTS) is 1. The number of aromatic carboxylic acids is 1. The summed E-state index contributed by atoms with van der Waals surface area (Å²) in [7, 11) is 0. The fourth-order valence-corrected chi connectivity index (χ4v) is 3.11. The van der Waals surface area contributed by atoms with E-state index in [1.165, 1.54) is 6.07 Å². The highest BCUT2D eigenvalue weighted by Gasteiger charge is 2.29. The molecule has 3 rings (SSSR count). The van der Waals surface area contributed by atoms with Gasteiger partial charge in [0.05, 0.1) is 6.04 Å². The Kier molecular flexibility index (Phi) is 3.98. The summed E-state index contributed by atoms with van der Waals surface area (Å²) in [5, 5.41) is 9.55. The van der Waals surface area contributed by atoms with E-state index in [0.717, 1.165) is 31.1 Å². The zero-order valence-corrected chi connectivity index (χ0v) is 12.4. The molecule has 0 bridgehead atoms. The number of carbonyl (C=O) groups is 1. The molecule has 1 fully saturated rings. The first-order valence-corrected chi connectivity index (χ1v) is 7.35. The van der Waals surface area contributed by atoms with Crippen LogP contribution in [0.25, 0.3) is 0 Å². The van der Waals surface area contributed by atoms with E-state index in [0.29, 0.717) is 10.8 Å². The Morgan fingerprint density at radius 3 is 2.86 bits per heavy atom. The van der Waals surface area contributed by atoms with Crippen LogP contribution in [0.1, 0.15) is 34.8 Å². The lowest BCUT2D eigenvalue weighted by Crippen LogP contribution is -2.24. The highest BCUT2D eigenvalue weighted by molar-refractivity contribution is 6.31. The van der Waals surface area contributed by atoms with Crippen molar-refractivity contribution in [3.05, 3.63) is 58.5 Å². The molecule has 1 atom stereocenters. The number of hydrogen-bond acceptors (Lipinski definition) is 3. The molecule has 1 saturated heterocycles. The topological polar surface area (TPSA) is 53.4 Å². The van der Waals surface area contributed by atoms with E-state index in [2.05, 4.69) is 4.98 Å². The van der Waals surface area contributed by atoms with Gasteiger partial charge in [-0.1, -0.05) is 29.8 Å². The van der Waals surface area contributed by atoms with Gasteiger partial charge in [0.1, 0.15) is 17.2 Å². The van der Waals surface area contributed by atoms with Crippen molar-refractivity contribution in [2.45, 2.75) is 18.9 Å². The molecule has 1 unspecified atom stereocenters. The van der Waals surface area contributed by atoms with Crippen molar-refractivity contribution in [1.82, 2.24) is 4.98 Å². The molecule has 1 aliphatic rings.